The number of nitrogens with zero attached hydrogens (tertiary/aromatic N) is 1. The molecule has 2 aliphatic rings. The number of carbonyl (C=O) groups is 2. The average molecular weight is 302 g/mol. The number of aliphatic hydroxyl groups excluding tert-OH is 1. The van der Waals surface area contributed by atoms with Crippen molar-refractivity contribution in [1.29, 1.82) is 0 Å². The van der Waals surface area contributed by atoms with Crippen LogP contribution in [0.25, 0.3) is 5.57 Å². The number of nitrogens with two attached hydrogens (primary N) is 1. The third-order valence-corrected chi connectivity index (χ3v) is 4.59. The minimum Gasteiger partial charge on any atom is -0.477 e. The van der Waals surface area contributed by atoms with Gasteiger partial charge in [0.15, 0.2) is 0 Å². The van der Waals surface area contributed by atoms with Crippen molar-refractivity contribution in [3.8, 4) is 0 Å². The summed E-state index contributed by atoms with van der Waals surface area (Å²) < 4.78 is 0. The quantitative estimate of drug-likeness (QED) is 0.567. The Kier molecular flexibility index (Phi) is 3.41. The van der Waals surface area contributed by atoms with Crippen LogP contribution in [0.3, 0.4) is 0 Å². The normalized spacial score (nSPS) is 26.9. The fourth-order valence-electron chi connectivity index (χ4n) is 3.63. The Bertz CT molecular complexity index is 665. The predicted octanol–water partition coefficient (Wildman–Crippen LogP) is 0.924. The number of β-lactam (4-membered cyclic amide) rings is 1. The van der Waals surface area contributed by atoms with E-state index in [0.717, 1.165) is 5.56 Å². The maximum absolute atomic E-state index is 12.2. The standard InChI is InChI=1S/C16H18N2O4/c1-8-12(9-2-4-10(17)5-3-9)14(16(21)22)18-13(8)11(6-7-19)15(18)20/h2-5,8,11,13,19H,6-7,17H2,1H3,(H,21,22)/t8-,11-,13+/m0/s1. The second kappa shape index (κ2) is 5.14. The summed E-state index contributed by atoms with van der Waals surface area (Å²) in [5.41, 5.74) is 7.76. The number of hydrogen-bond donors (Lipinski definition) is 3. The number of benzene rings is 1. The highest BCUT2D eigenvalue weighted by Crippen LogP contribution is 2.50. The Morgan fingerprint density at radius 2 is 1.95 bits per heavy atom. The van der Waals surface area contributed by atoms with Gasteiger partial charge in [0, 0.05) is 18.2 Å². The van der Waals surface area contributed by atoms with Crippen LogP contribution in [-0.2, 0) is 9.59 Å². The SMILES string of the molecule is C[C@H]1C(c2ccc(N)cc2)=C(C(=O)O)N2C(=O)[C@@H](CCO)[C@@H]12. The van der Waals surface area contributed by atoms with Crippen LogP contribution in [-0.4, -0.2) is 39.6 Å². The van der Waals surface area contributed by atoms with Gasteiger partial charge in [-0.25, -0.2) is 4.79 Å². The summed E-state index contributed by atoms with van der Waals surface area (Å²) in [4.78, 5) is 25.3. The average Bonchev–Trinajstić information content (AvgIpc) is 2.76. The molecule has 6 nitrogen and oxygen atoms in total. The van der Waals surface area contributed by atoms with Crippen molar-refractivity contribution in [1.82, 2.24) is 4.90 Å². The lowest BCUT2D eigenvalue weighted by Gasteiger charge is -2.45. The molecule has 0 unspecified atom stereocenters. The molecule has 4 N–H and O–H groups in total. The number of amides is 1. The second-order valence-corrected chi connectivity index (χ2v) is 5.80. The first-order valence-electron chi connectivity index (χ1n) is 7.24. The molecule has 0 saturated carbocycles. The molecule has 1 aromatic rings. The van der Waals surface area contributed by atoms with Crippen LogP contribution in [0.15, 0.2) is 30.0 Å². The van der Waals surface area contributed by atoms with Crippen LogP contribution < -0.4 is 5.73 Å². The number of fused-ring (bicyclic) bond motifs is 1. The summed E-state index contributed by atoms with van der Waals surface area (Å²) in [6.45, 7) is 1.85. The van der Waals surface area contributed by atoms with Gasteiger partial charge in [0.2, 0.25) is 5.91 Å². The van der Waals surface area contributed by atoms with Gasteiger partial charge in [-0.15, -0.1) is 0 Å². The largest absolute Gasteiger partial charge is 0.477 e. The zero-order chi connectivity index (χ0) is 16.0. The summed E-state index contributed by atoms with van der Waals surface area (Å²) in [6.07, 6.45) is 0.367. The number of hydrogen-bond acceptors (Lipinski definition) is 4. The molecule has 1 fully saturated rings. The zero-order valence-corrected chi connectivity index (χ0v) is 12.2. The molecule has 116 valence electrons. The first kappa shape index (κ1) is 14.6. The summed E-state index contributed by atoms with van der Waals surface area (Å²) in [5, 5.41) is 18.6. The van der Waals surface area contributed by atoms with Gasteiger partial charge in [-0.05, 0) is 29.7 Å². The molecule has 3 rings (SSSR count). The number of aliphatic hydroxyl groups is 1. The predicted molar refractivity (Wildman–Crippen MR) is 80.4 cm³/mol. The van der Waals surface area contributed by atoms with Crippen LogP contribution in [0.5, 0.6) is 0 Å². The zero-order valence-electron chi connectivity index (χ0n) is 12.2. The van der Waals surface area contributed by atoms with Crippen LogP contribution >= 0.6 is 0 Å². The van der Waals surface area contributed by atoms with E-state index in [0.29, 0.717) is 17.7 Å². The number of anilines is 1. The molecule has 0 radical (unpaired) electrons. The summed E-state index contributed by atoms with van der Waals surface area (Å²) in [7, 11) is 0. The van der Waals surface area contributed by atoms with E-state index in [1.807, 2.05) is 6.92 Å². The summed E-state index contributed by atoms with van der Waals surface area (Å²) in [6, 6.07) is 6.82. The van der Waals surface area contributed by atoms with E-state index in [-0.39, 0.29) is 36.1 Å². The lowest BCUT2D eigenvalue weighted by atomic mass is 9.78. The van der Waals surface area contributed by atoms with E-state index in [1.54, 1.807) is 24.3 Å². The van der Waals surface area contributed by atoms with Gasteiger partial charge in [0.05, 0.1) is 12.0 Å². The van der Waals surface area contributed by atoms with E-state index in [4.69, 9.17) is 10.8 Å². The topological polar surface area (TPSA) is 104 Å². The van der Waals surface area contributed by atoms with Crippen LogP contribution in [0.2, 0.25) is 0 Å². The molecule has 1 amide bonds. The van der Waals surface area contributed by atoms with Crippen molar-refractivity contribution in [3.63, 3.8) is 0 Å². The first-order valence-corrected chi connectivity index (χ1v) is 7.24. The van der Waals surface area contributed by atoms with E-state index in [1.165, 1.54) is 4.90 Å². The minimum atomic E-state index is -1.10. The number of carboxylic acid groups (broad SMARTS) is 1. The highest BCUT2D eigenvalue weighted by molar-refractivity contribution is 6.06. The number of carbonyl (C=O) groups excluding carboxylic acids is 1. The number of nitrogen functional groups attached to an aromatic ring is 1. The van der Waals surface area contributed by atoms with Crippen molar-refractivity contribution in [2.75, 3.05) is 12.3 Å². The fourth-order valence-corrected chi connectivity index (χ4v) is 3.63. The Morgan fingerprint density at radius 3 is 2.50 bits per heavy atom. The highest BCUT2D eigenvalue weighted by atomic mass is 16.4. The van der Waals surface area contributed by atoms with Crippen LogP contribution in [0.4, 0.5) is 5.69 Å². The van der Waals surface area contributed by atoms with Gasteiger partial charge < -0.3 is 20.8 Å². The van der Waals surface area contributed by atoms with Gasteiger partial charge in [0.1, 0.15) is 5.70 Å². The minimum absolute atomic E-state index is 0.0569. The van der Waals surface area contributed by atoms with Crippen molar-refractivity contribution < 1.29 is 19.8 Å². The van der Waals surface area contributed by atoms with Crippen LogP contribution in [0, 0.1) is 11.8 Å². The smallest absolute Gasteiger partial charge is 0.352 e. The molecule has 2 aliphatic heterocycles. The Hall–Kier alpha value is -2.34. The second-order valence-electron chi connectivity index (χ2n) is 5.80. The molecule has 3 atom stereocenters. The Morgan fingerprint density at radius 1 is 1.32 bits per heavy atom. The summed E-state index contributed by atoms with van der Waals surface area (Å²) >= 11 is 0. The van der Waals surface area contributed by atoms with Crippen molar-refractivity contribution >= 4 is 23.1 Å². The maximum Gasteiger partial charge on any atom is 0.352 e. The van der Waals surface area contributed by atoms with Gasteiger partial charge in [-0.2, -0.15) is 0 Å². The van der Waals surface area contributed by atoms with Gasteiger partial charge in [0.25, 0.3) is 0 Å². The van der Waals surface area contributed by atoms with Crippen molar-refractivity contribution in [3.05, 3.63) is 35.5 Å². The van der Waals surface area contributed by atoms with Crippen molar-refractivity contribution in [2.24, 2.45) is 11.8 Å². The molecule has 0 bridgehead atoms. The van der Waals surface area contributed by atoms with Gasteiger partial charge in [-0.1, -0.05) is 19.1 Å². The van der Waals surface area contributed by atoms with Crippen LogP contribution in [0.1, 0.15) is 18.9 Å². The monoisotopic (exact) mass is 302 g/mol. The number of carboxylic acids is 1. The molecular formula is C16H18N2O4. The van der Waals surface area contributed by atoms with Gasteiger partial charge >= 0.3 is 5.97 Å². The van der Waals surface area contributed by atoms with E-state index >= 15 is 0 Å². The molecular weight excluding hydrogens is 284 g/mol. The molecule has 1 saturated heterocycles. The molecule has 2 heterocycles. The van der Waals surface area contributed by atoms with E-state index in [9.17, 15) is 14.7 Å². The highest BCUT2D eigenvalue weighted by Gasteiger charge is 2.58. The third-order valence-electron chi connectivity index (χ3n) is 4.59. The molecule has 1 aromatic carbocycles. The van der Waals surface area contributed by atoms with E-state index in [2.05, 4.69) is 0 Å². The molecule has 6 heteroatoms. The Labute approximate surface area is 127 Å². The molecule has 22 heavy (non-hydrogen) atoms. The van der Waals surface area contributed by atoms with Gasteiger partial charge in [-0.3, -0.25) is 4.79 Å². The lowest BCUT2D eigenvalue weighted by Crippen LogP contribution is -2.60. The lowest BCUT2D eigenvalue weighted by molar-refractivity contribution is -0.157. The molecule has 0 aromatic heterocycles. The molecule has 0 aliphatic carbocycles. The summed E-state index contributed by atoms with van der Waals surface area (Å²) in [5.74, 6) is -1.71. The maximum atomic E-state index is 12.2. The third kappa shape index (κ3) is 1.91. The number of rotatable bonds is 4. The Balaban J connectivity index is 2.06. The number of aliphatic carboxylic acids is 1. The fraction of sp³-hybridized carbons (Fsp3) is 0.375. The first-order chi connectivity index (χ1) is 10.5. The van der Waals surface area contributed by atoms with E-state index < -0.39 is 5.97 Å². The van der Waals surface area contributed by atoms with Crippen molar-refractivity contribution in [2.45, 2.75) is 19.4 Å². The molecule has 0 spiro atoms.